The van der Waals surface area contributed by atoms with Gasteiger partial charge in [-0.3, -0.25) is 14.9 Å². The van der Waals surface area contributed by atoms with Crippen LogP contribution in [0.3, 0.4) is 0 Å². The fourth-order valence-corrected chi connectivity index (χ4v) is 2.09. The van der Waals surface area contributed by atoms with Gasteiger partial charge in [-0.1, -0.05) is 0 Å². The number of nitro groups is 1. The maximum absolute atomic E-state index is 12.0. The second kappa shape index (κ2) is 7.90. The Bertz CT molecular complexity index is 774. The molecule has 0 amide bonds. The molecule has 1 aromatic carbocycles. The molecule has 1 heterocycles. The second-order valence-corrected chi connectivity index (χ2v) is 4.79. The van der Waals surface area contributed by atoms with Crippen LogP contribution >= 0.6 is 0 Å². The molecule has 2 aromatic rings. The van der Waals surface area contributed by atoms with Crippen LogP contribution in [-0.4, -0.2) is 40.6 Å². The monoisotopic (exact) mass is 349 g/mol. The summed E-state index contributed by atoms with van der Waals surface area (Å²) in [6, 6.07) is 2.46. The van der Waals surface area contributed by atoms with Crippen molar-refractivity contribution in [2.45, 2.75) is 13.0 Å². The Balaban J connectivity index is 2.35. The number of nitrogens with zero attached hydrogens (tertiary/aromatic N) is 3. The highest BCUT2D eigenvalue weighted by Gasteiger charge is 2.26. The van der Waals surface area contributed by atoms with E-state index in [1.165, 1.54) is 38.8 Å². The average molecular weight is 349 g/mol. The number of rotatable bonds is 7. The standard InChI is InChI=1S/C15H15N3O7/c1-10(25-15(20)17-4-3-16-9-17)11-7-13(23-2)14(24-6-5-19)8-12(11)18(21)22/h3-5,7-10H,6H2,1-2H3. The largest absolute Gasteiger partial charge is 0.493 e. The SMILES string of the molecule is COc1cc(C(C)OC(=O)n2ccnc2)c([N+](=O)[O-])cc1OCC=O. The lowest BCUT2D eigenvalue weighted by atomic mass is 10.1. The summed E-state index contributed by atoms with van der Waals surface area (Å²) in [5, 5.41) is 11.4. The topological polar surface area (TPSA) is 123 Å². The zero-order valence-corrected chi connectivity index (χ0v) is 13.4. The molecule has 0 radical (unpaired) electrons. The van der Waals surface area contributed by atoms with Crippen molar-refractivity contribution in [1.29, 1.82) is 0 Å². The van der Waals surface area contributed by atoms with Gasteiger partial charge in [0.25, 0.3) is 5.69 Å². The predicted molar refractivity (Wildman–Crippen MR) is 83.7 cm³/mol. The van der Waals surface area contributed by atoms with Gasteiger partial charge in [-0.15, -0.1) is 0 Å². The van der Waals surface area contributed by atoms with E-state index in [-0.39, 0.29) is 29.4 Å². The maximum Gasteiger partial charge on any atom is 0.419 e. The van der Waals surface area contributed by atoms with E-state index >= 15 is 0 Å². The molecule has 10 nitrogen and oxygen atoms in total. The second-order valence-electron chi connectivity index (χ2n) is 4.79. The van der Waals surface area contributed by atoms with Crippen molar-refractivity contribution < 1.29 is 28.7 Å². The maximum atomic E-state index is 12.0. The Labute approximate surface area is 142 Å². The van der Waals surface area contributed by atoms with Crippen molar-refractivity contribution in [2.24, 2.45) is 0 Å². The van der Waals surface area contributed by atoms with Crippen LogP contribution in [0.5, 0.6) is 11.5 Å². The van der Waals surface area contributed by atoms with E-state index in [4.69, 9.17) is 14.2 Å². The van der Waals surface area contributed by atoms with Crippen LogP contribution < -0.4 is 9.47 Å². The van der Waals surface area contributed by atoms with Crippen molar-refractivity contribution in [1.82, 2.24) is 9.55 Å². The Morgan fingerprint density at radius 3 is 2.76 bits per heavy atom. The van der Waals surface area contributed by atoms with Gasteiger partial charge in [-0.25, -0.2) is 14.3 Å². The molecule has 0 N–H and O–H groups in total. The number of ether oxygens (including phenoxy) is 3. The number of nitro benzene ring substituents is 1. The minimum absolute atomic E-state index is 0.0400. The summed E-state index contributed by atoms with van der Waals surface area (Å²) < 4.78 is 16.6. The molecule has 0 aliphatic heterocycles. The lowest BCUT2D eigenvalue weighted by Gasteiger charge is -2.16. The van der Waals surface area contributed by atoms with E-state index in [1.807, 2.05) is 0 Å². The van der Waals surface area contributed by atoms with Gasteiger partial charge < -0.3 is 14.2 Å². The fraction of sp³-hybridized carbons (Fsp3) is 0.267. The minimum atomic E-state index is -0.940. The summed E-state index contributed by atoms with van der Waals surface area (Å²) in [6.07, 6.45) is 2.87. The molecule has 2 rings (SSSR count). The average Bonchev–Trinajstić information content (AvgIpc) is 3.13. The summed E-state index contributed by atoms with van der Waals surface area (Å²) >= 11 is 0. The lowest BCUT2D eigenvalue weighted by Crippen LogP contribution is -2.15. The summed E-state index contributed by atoms with van der Waals surface area (Å²) in [5.41, 5.74) is -0.207. The van der Waals surface area contributed by atoms with Crippen molar-refractivity contribution in [3.8, 4) is 11.5 Å². The van der Waals surface area contributed by atoms with E-state index in [9.17, 15) is 19.7 Å². The Morgan fingerprint density at radius 1 is 1.44 bits per heavy atom. The zero-order chi connectivity index (χ0) is 18.4. The van der Waals surface area contributed by atoms with Crippen LogP contribution in [0.15, 0.2) is 30.9 Å². The van der Waals surface area contributed by atoms with E-state index in [0.717, 1.165) is 10.6 Å². The lowest BCUT2D eigenvalue weighted by molar-refractivity contribution is -0.386. The van der Waals surface area contributed by atoms with E-state index < -0.39 is 17.1 Å². The van der Waals surface area contributed by atoms with Crippen LogP contribution in [0.4, 0.5) is 10.5 Å². The van der Waals surface area contributed by atoms with Crippen LogP contribution in [0.2, 0.25) is 0 Å². The third-order valence-corrected chi connectivity index (χ3v) is 3.25. The molecule has 1 atom stereocenters. The molecule has 132 valence electrons. The van der Waals surface area contributed by atoms with Crippen LogP contribution in [0.1, 0.15) is 18.6 Å². The van der Waals surface area contributed by atoms with E-state index in [1.54, 1.807) is 0 Å². The number of carbonyl (C=O) groups excluding carboxylic acids is 2. The molecule has 0 aliphatic carbocycles. The molecule has 25 heavy (non-hydrogen) atoms. The van der Waals surface area contributed by atoms with Gasteiger partial charge in [0.1, 0.15) is 19.0 Å². The van der Waals surface area contributed by atoms with Crippen molar-refractivity contribution in [2.75, 3.05) is 13.7 Å². The minimum Gasteiger partial charge on any atom is -0.493 e. The van der Waals surface area contributed by atoms with Gasteiger partial charge in [-0.2, -0.15) is 0 Å². The van der Waals surface area contributed by atoms with E-state index in [0.29, 0.717) is 6.29 Å². The third kappa shape index (κ3) is 4.10. The van der Waals surface area contributed by atoms with Crippen molar-refractivity contribution in [3.05, 3.63) is 46.5 Å². The first-order chi connectivity index (χ1) is 12.0. The summed E-state index contributed by atoms with van der Waals surface area (Å²) in [4.78, 5) is 36.9. The van der Waals surface area contributed by atoms with Gasteiger partial charge in [0, 0.05) is 12.4 Å². The molecular weight excluding hydrogens is 334 g/mol. The van der Waals surface area contributed by atoms with Crippen LogP contribution in [-0.2, 0) is 9.53 Å². The molecule has 0 spiro atoms. The summed E-state index contributed by atoms with van der Waals surface area (Å²) in [6.45, 7) is 1.21. The predicted octanol–water partition coefficient (Wildman–Crippen LogP) is 2.12. The Morgan fingerprint density at radius 2 is 2.20 bits per heavy atom. The molecule has 0 bridgehead atoms. The number of benzene rings is 1. The third-order valence-electron chi connectivity index (χ3n) is 3.25. The Hall–Kier alpha value is -3.43. The zero-order valence-electron chi connectivity index (χ0n) is 13.4. The highest BCUT2D eigenvalue weighted by molar-refractivity contribution is 5.70. The van der Waals surface area contributed by atoms with Crippen LogP contribution in [0.25, 0.3) is 0 Å². The fourth-order valence-electron chi connectivity index (χ4n) is 2.09. The molecule has 1 unspecified atom stereocenters. The number of imidazole rings is 1. The molecule has 0 aliphatic rings. The first kappa shape index (κ1) is 17.9. The molecular formula is C15H15N3O7. The van der Waals surface area contributed by atoms with E-state index in [2.05, 4.69) is 4.98 Å². The highest BCUT2D eigenvalue weighted by atomic mass is 16.6. The smallest absolute Gasteiger partial charge is 0.419 e. The number of hydrogen-bond acceptors (Lipinski definition) is 8. The quantitative estimate of drug-likeness (QED) is 0.423. The Kier molecular flexibility index (Phi) is 5.66. The molecule has 0 saturated heterocycles. The highest BCUT2D eigenvalue weighted by Crippen LogP contribution is 2.38. The molecule has 0 saturated carbocycles. The van der Waals surface area contributed by atoms with Gasteiger partial charge in [0.05, 0.1) is 23.7 Å². The van der Waals surface area contributed by atoms with Crippen molar-refractivity contribution >= 4 is 18.1 Å². The van der Waals surface area contributed by atoms with Gasteiger partial charge in [0.15, 0.2) is 17.8 Å². The van der Waals surface area contributed by atoms with Gasteiger partial charge in [-0.05, 0) is 13.0 Å². The van der Waals surface area contributed by atoms with Gasteiger partial charge >= 0.3 is 6.09 Å². The van der Waals surface area contributed by atoms with Gasteiger partial charge in [0.2, 0.25) is 0 Å². The summed E-state index contributed by atoms with van der Waals surface area (Å²) in [7, 11) is 1.35. The molecule has 0 fully saturated rings. The number of aromatic nitrogens is 2. The first-order valence-corrected chi connectivity index (χ1v) is 7.09. The number of carbonyl (C=O) groups is 2. The van der Waals surface area contributed by atoms with Crippen LogP contribution in [0, 0.1) is 10.1 Å². The summed E-state index contributed by atoms with van der Waals surface area (Å²) in [5.74, 6) is 0.214. The number of methoxy groups -OCH3 is 1. The normalized spacial score (nSPS) is 11.4. The number of hydrogen-bond donors (Lipinski definition) is 0. The molecule has 1 aromatic heterocycles. The van der Waals surface area contributed by atoms with Crippen molar-refractivity contribution in [3.63, 3.8) is 0 Å². The number of aldehydes is 1. The first-order valence-electron chi connectivity index (χ1n) is 7.09. The molecule has 10 heteroatoms.